The van der Waals surface area contributed by atoms with Crippen LogP contribution in [0.2, 0.25) is 5.02 Å². The van der Waals surface area contributed by atoms with Crippen molar-refractivity contribution in [2.45, 2.75) is 13.5 Å². The van der Waals surface area contributed by atoms with Crippen LogP contribution in [0.25, 0.3) is 21.5 Å². The van der Waals surface area contributed by atoms with Crippen LogP contribution < -0.4 is 4.80 Å². The monoisotopic (exact) mass is 427 g/mol. The Morgan fingerprint density at radius 3 is 2.86 bits per heavy atom. The molecular formula is C21H18ClN3O3S. The molecule has 4 aromatic rings. The van der Waals surface area contributed by atoms with Gasteiger partial charge in [-0.1, -0.05) is 58.4 Å². The first-order valence-electron chi connectivity index (χ1n) is 9.13. The number of carbonyl (C=O) groups is 1. The largest absolute Gasteiger partial charge is 0.380 e. The average molecular weight is 428 g/mol. The minimum absolute atomic E-state index is 0.163. The van der Waals surface area contributed by atoms with E-state index in [1.807, 2.05) is 60.0 Å². The van der Waals surface area contributed by atoms with Crippen molar-refractivity contribution >= 4 is 39.1 Å². The van der Waals surface area contributed by atoms with Crippen molar-refractivity contribution in [3.8, 4) is 11.3 Å². The number of fused-ring (bicyclic) bond motifs is 1. The van der Waals surface area contributed by atoms with Gasteiger partial charge in [0.05, 0.1) is 16.8 Å². The summed E-state index contributed by atoms with van der Waals surface area (Å²) in [6.07, 6.45) is 0. The number of nitrogens with zero attached hydrogens (tertiary/aromatic N) is 3. The number of thiazole rings is 1. The molecule has 0 saturated heterocycles. The Balaban J connectivity index is 1.70. The SMILES string of the molecule is CCOCCn1c(=NC(=O)c2cc(-c3ccccc3)on2)sc2cc(Cl)ccc21. The fraction of sp³-hybridized carbons (Fsp3) is 0.190. The summed E-state index contributed by atoms with van der Waals surface area (Å²) in [4.78, 5) is 17.6. The van der Waals surface area contributed by atoms with Gasteiger partial charge in [-0.25, -0.2) is 0 Å². The molecule has 1 amide bonds. The molecule has 0 bridgehead atoms. The van der Waals surface area contributed by atoms with Crippen molar-refractivity contribution in [2.75, 3.05) is 13.2 Å². The van der Waals surface area contributed by atoms with Crippen molar-refractivity contribution in [3.05, 3.63) is 70.1 Å². The lowest BCUT2D eigenvalue weighted by molar-refractivity contribution is 0.0988. The number of hydrogen-bond acceptors (Lipinski definition) is 5. The maximum absolute atomic E-state index is 12.7. The number of amides is 1. The van der Waals surface area contributed by atoms with E-state index in [1.165, 1.54) is 11.3 Å². The molecule has 0 aliphatic carbocycles. The molecule has 29 heavy (non-hydrogen) atoms. The molecule has 2 aromatic carbocycles. The number of halogens is 1. The van der Waals surface area contributed by atoms with Gasteiger partial charge < -0.3 is 13.8 Å². The van der Waals surface area contributed by atoms with E-state index in [1.54, 1.807) is 6.07 Å². The molecule has 0 spiro atoms. The Morgan fingerprint density at radius 2 is 2.07 bits per heavy atom. The summed E-state index contributed by atoms with van der Waals surface area (Å²) < 4.78 is 13.7. The highest BCUT2D eigenvalue weighted by molar-refractivity contribution is 7.16. The van der Waals surface area contributed by atoms with Crippen molar-refractivity contribution in [3.63, 3.8) is 0 Å². The van der Waals surface area contributed by atoms with Crippen LogP contribution in [0.3, 0.4) is 0 Å². The van der Waals surface area contributed by atoms with Crippen LogP contribution in [0.4, 0.5) is 0 Å². The molecule has 4 rings (SSSR count). The van der Waals surface area contributed by atoms with E-state index in [-0.39, 0.29) is 5.69 Å². The van der Waals surface area contributed by atoms with Gasteiger partial charge in [0, 0.05) is 29.8 Å². The molecule has 0 saturated carbocycles. The van der Waals surface area contributed by atoms with Gasteiger partial charge in [0.25, 0.3) is 0 Å². The molecule has 0 unspecified atom stereocenters. The van der Waals surface area contributed by atoms with Crippen molar-refractivity contribution in [1.29, 1.82) is 0 Å². The number of aromatic nitrogens is 2. The highest BCUT2D eigenvalue weighted by Gasteiger charge is 2.15. The zero-order chi connectivity index (χ0) is 20.2. The molecule has 0 atom stereocenters. The lowest BCUT2D eigenvalue weighted by atomic mass is 10.1. The quantitative estimate of drug-likeness (QED) is 0.415. The van der Waals surface area contributed by atoms with E-state index >= 15 is 0 Å². The second-order valence-corrected chi connectivity index (χ2v) is 7.65. The van der Waals surface area contributed by atoms with E-state index in [9.17, 15) is 4.79 Å². The molecule has 0 fully saturated rings. The smallest absolute Gasteiger partial charge is 0.301 e. The van der Waals surface area contributed by atoms with Crippen LogP contribution in [-0.2, 0) is 11.3 Å². The van der Waals surface area contributed by atoms with Gasteiger partial charge in [-0.05, 0) is 25.1 Å². The third-order valence-corrected chi connectivity index (χ3v) is 5.57. The van der Waals surface area contributed by atoms with Crippen LogP contribution in [0, 0.1) is 0 Å². The molecule has 0 N–H and O–H groups in total. The first kappa shape index (κ1) is 19.6. The van der Waals surface area contributed by atoms with E-state index < -0.39 is 5.91 Å². The predicted molar refractivity (Wildman–Crippen MR) is 113 cm³/mol. The normalized spacial score (nSPS) is 12.0. The maximum Gasteiger partial charge on any atom is 0.301 e. The lowest BCUT2D eigenvalue weighted by Crippen LogP contribution is -2.19. The van der Waals surface area contributed by atoms with Gasteiger partial charge in [-0.3, -0.25) is 4.79 Å². The lowest BCUT2D eigenvalue weighted by Gasteiger charge is -2.05. The van der Waals surface area contributed by atoms with Gasteiger partial charge in [-0.2, -0.15) is 4.99 Å². The fourth-order valence-electron chi connectivity index (χ4n) is 2.91. The first-order chi connectivity index (χ1) is 14.2. The number of rotatable bonds is 6. The van der Waals surface area contributed by atoms with Crippen molar-refractivity contribution in [1.82, 2.24) is 9.72 Å². The summed E-state index contributed by atoms with van der Waals surface area (Å²) in [6, 6.07) is 16.7. The van der Waals surface area contributed by atoms with E-state index in [4.69, 9.17) is 20.9 Å². The third-order valence-electron chi connectivity index (χ3n) is 4.29. The minimum atomic E-state index is -0.459. The molecule has 0 aliphatic heterocycles. The zero-order valence-electron chi connectivity index (χ0n) is 15.7. The Bertz CT molecular complexity index is 1210. The standard InChI is InChI=1S/C21H18ClN3O3S/c1-2-27-11-10-25-17-9-8-15(22)12-19(17)29-21(25)23-20(26)16-13-18(28-24-16)14-6-4-3-5-7-14/h3-9,12-13H,2,10-11H2,1H3. The molecule has 0 aliphatic rings. The number of ether oxygens (including phenoxy) is 1. The summed E-state index contributed by atoms with van der Waals surface area (Å²) >= 11 is 7.52. The second kappa shape index (κ2) is 8.73. The molecule has 2 heterocycles. The Morgan fingerprint density at radius 1 is 1.24 bits per heavy atom. The molecule has 6 nitrogen and oxygen atoms in total. The fourth-order valence-corrected chi connectivity index (χ4v) is 4.24. The molecule has 0 radical (unpaired) electrons. The zero-order valence-corrected chi connectivity index (χ0v) is 17.2. The predicted octanol–water partition coefficient (Wildman–Crippen LogP) is 4.79. The Kier molecular flexibility index (Phi) is 5.89. The van der Waals surface area contributed by atoms with Crippen LogP contribution in [0.5, 0.6) is 0 Å². The van der Waals surface area contributed by atoms with E-state index in [0.717, 1.165) is 15.8 Å². The second-order valence-electron chi connectivity index (χ2n) is 6.20. The van der Waals surface area contributed by atoms with Crippen LogP contribution >= 0.6 is 22.9 Å². The van der Waals surface area contributed by atoms with Gasteiger partial charge in [0.1, 0.15) is 0 Å². The van der Waals surface area contributed by atoms with Crippen LogP contribution in [0.15, 0.2) is 64.1 Å². The summed E-state index contributed by atoms with van der Waals surface area (Å²) in [5.74, 6) is 0.0650. The number of carbonyl (C=O) groups excluding carboxylic acids is 1. The first-order valence-corrected chi connectivity index (χ1v) is 10.3. The van der Waals surface area contributed by atoms with Crippen LogP contribution in [-0.4, -0.2) is 28.8 Å². The topological polar surface area (TPSA) is 69.6 Å². The molecule has 148 valence electrons. The van der Waals surface area contributed by atoms with Gasteiger partial charge in [-0.15, -0.1) is 0 Å². The van der Waals surface area contributed by atoms with Crippen LogP contribution in [0.1, 0.15) is 17.4 Å². The highest BCUT2D eigenvalue weighted by atomic mass is 35.5. The molecule has 8 heteroatoms. The summed E-state index contributed by atoms with van der Waals surface area (Å²) in [5.41, 5.74) is 1.97. The van der Waals surface area contributed by atoms with E-state index in [0.29, 0.717) is 35.3 Å². The summed E-state index contributed by atoms with van der Waals surface area (Å²) in [6.45, 7) is 3.67. The van der Waals surface area contributed by atoms with Gasteiger partial charge in [0.15, 0.2) is 16.3 Å². The Hall–Kier alpha value is -2.74. The highest BCUT2D eigenvalue weighted by Crippen LogP contribution is 2.23. The minimum Gasteiger partial charge on any atom is -0.380 e. The average Bonchev–Trinajstić information content (AvgIpc) is 3.34. The van der Waals surface area contributed by atoms with Gasteiger partial charge >= 0.3 is 5.91 Å². The number of benzene rings is 2. The third kappa shape index (κ3) is 4.32. The maximum atomic E-state index is 12.7. The summed E-state index contributed by atoms with van der Waals surface area (Å²) in [5, 5.41) is 4.53. The Labute approximate surface area is 176 Å². The van der Waals surface area contributed by atoms with Crippen molar-refractivity contribution in [2.24, 2.45) is 4.99 Å². The van der Waals surface area contributed by atoms with E-state index in [2.05, 4.69) is 10.1 Å². The molecular weight excluding hydrogens is 410 g/mol. The summed E-state index contributed by atoms with van der Waals surface area (Å²) in [7, 11) is 0. The van der Waals surface area contributed by atoms with Crippen molar-refractivity contribution < 1.29 is 14.1 Å². The molecule has 2 aromatic heterocycles. The van der Waals surface area contributed by atoms with Gasteiger partial charge in [0.2, 0.25) is 0 Å². The number of hydrogen-bond donors (Lipinski definition) is 0.